The van der Waals surface area contributed by atoms with E-state index in [2.05, 4.69) is 5.32 Å². The molecular formula is C26H25ClN2O7S. The highest BCUT2D eigenvalue weighted by atomic mass is 35.5. The summed E-state index contributed by atoms with van der Waals surface area (Å²) in [4.78, 5) is 27.6. The second kappa shape index (κ2) is 10.7. The van der Waals surface area contributed by atoms with Gasteiger partial charge in [-0.15, -0.1) is 0 Å². The zero-order valence-corrected chi connectivity index (χ0v) is 21.9. The Labute approximate surface area is 219 Å². The number of anilines is 2. The topological polar surface area (TPSA) is 111 Å². The molecule has 1 aliphatic heterocycles. The second-order valence-corrected chi connectivity index (χ2v) is 10.7. The lowest BCUT2D eigenvalue weighted by atomic mass is 10.1. The van der Waals surface area contributed by atoms with Gasteiger partial charge in [-0.25, -0.2) is 8.42 Å². The molecule has 0 aliphatic carbocycles. The largest absolute Gasteiger partial charge is 0.495 e. The summed E-state index contributed by atoms with van der Waals surface area (Å²) in [6.45, 7) is -0.417. The van der Waals surface area contributed by atoms with Crippen LogP contribution in [0.5, 0.6) is 17.2 Å². The van der Waals surface area contributed by atoms with Crippen LogP contribution in [0.1, 0.15) is 17.2 Å². The zero-order valence-electron chi connectivity index (χ0n) is 20.4. The van der Waals surface area contributed by atoms with E-state index in [0.29, 0.717) is 33.5 Å². The molecule has 4 rings (SSSR count). The van der Waals surface area contributed by atoms with Gasteiger partial charge in [-0.2, -0.15) is 0 Å². The fraction of sp³-hybridized carbons (Fsp3) is 0.231. The highest BCUT2D eigenvalue weighted by Crippen LogP contribution is 2.42. The van der Waals surface area contributed by atoms with Crippen molar-refractivity contribution in [2.24, 2.45) is 0 Å². The van der Waals surface area contributed by atoms with Crippen LogP contribution in [0.2, 0.25) is 5.02 Å². The quantitative estimate of drug-likeness (QED) is 0.473. The Kier molecular flexibility index (Phi) is 7.60. The van der Waals surface area contributed by atoms with Crippen LogP contribution in [-0.2, 0) is 19.4 Å². The molecule has 0 aromatic heterocycles. The van der Waals surface area contributed by atoms with E-state index in [1.807, 2.05) is 0 Å². The molecule has 1 atom stereocenters. The van der Waals surface area contributed by atoms with Gasteiger partial charge in [0.2, 0.25) is 11.8 Å². The number of para-hydroxylation sites is 1. The molecule has 11 heteroatoms. The Morgan fingerprint density at radius 2 is 1.65 bits per heavy atom. The molecular weight excluding hydrogens is 520 g/mol. The van der Waals surface area contributed by atoms with Crippen LogP contribution >= 0.6 is 11.6 Å². The van der Waals surface area contributed by atoms with Crippen LogP contribution in [0, 0.1) is 0 Å². The van der Waals surface area contributed by atoms with Crippen LogP contribution in [0.3, 0.4) is 0 Å². The zero-order chi connectivity index (χ0) is 26.7. The molecule has 2 amide bonds. The minimum Gasteiger partial charge on any atom is -0.495 e. The summed E-state index contributed by atoms with van der Waals surface area (Å²) < 4.78 is 43.4. The number of carbonyl (C=O) groups excluding carboxylic acids is 2. The SMILES string of the molecule is COc1ccc(Cl)cc1NC(=O)CN1C(=O)CC(c2ccc(OC)c(OC)c2)S(=O)(=O)c2ccccc21. The van der Waals surface area contributed by atoms with Gasteiger partial charge in [-0.05, 0) is 48.0 Å². The van der Waals surface area contributed by atoms with Crippen molar-refractivity contribution in [3.05, 3.63) is 71.2 Å². The van der Waals surface area contributed by atoms with Crippen LogP contribution in [0.25, 0.3) is 0 Å². The van der Waals surface area contributed by atoms with Gasteiger partial charge in [0.25, 0.3) is 0 Å². The summed E-state index contributed by atoms with van der Waals surface area (Å²) in [5.74, 6) is 0.0780. The van der Waals surface area contributed by atoms with E-state index in [-0.39, 0.29) is 17.0 Å². The van der Waals surface area contributed by atoms with E-state index >= 15 is 0 Å². The highest BCUT2D eigenvalue weighted by molar-refractivity contribution is 7.92. The van der Waals surface area contributed by atoms with Crippen molar-refractivity contribution in [2.75, 3.05) is 38.1 Å². The van der Waals surface area contributed by atoms with Gasteiger partial charge in [0.1, 0.15) is 12.3 Å². The Morgan fingerprint density at radius 1 is 0.973 bits per heavy atom. The van der Waals surface area contributed by atoms with Gasteiger partial charge in [0.05, 0.1) is 42.8 Å². The van der Waals surface area contributed by atoms with E-state index in [1.165, 1.54) is 44.4 Å². The van der Waals surface area contributed by atoms with Crippen molar-refractivity contribution < 1.29 is 32.2 Å². The molecule has 37 heavy (non-hydrogen) atoms. The average Bonchev–Trinajstić information content (AvgIpc) is 2.97. The number of hydrogen-bond acceptors (Lipinski definition) is 7. The van der Waals surface area contributed by atoms with Crippen LogP contribution in [0.15, 0.2) is 65.6 Å². The van der Waals surface area contributed by atoms with E-state index in [4.69, 9.17) is 25.8 Å². The summed E-state index contributed by atoms with van der Waals surface area (Å²) >= 11 is 6.05. The summed E-state index contributed by atoms with van der Waals surface area (Å²) in [6, 6.07) is 15.6. The van der Waals surface area contributed by atoms with Crippen molar-refractivity contribution in [3.8, 4) is 17.2 Å². The molecule has 1 N–H and O–H groups in total. The van der Waals surface area contributed by atoms with Gasteiger partial charge < -0.3 is 24.4 Å². The minimum atomic E-state index is -4.02. The maximum Gasteiger partial charge on any atom is 0.244 e. The number of ether oxygens (including phenoxy) is 3. The van der Waals surface area contributed by atoms with E-state index < -0.39 is 33.4 Å². The molecule has 3 aromatic rings. The van der Waals surface area contributed by atoms with Crippen molar-refractivity contribution in [2.45, 2.75) is 16.6 Å². The second-order valence-electron chi connectivity index (χ2n) is 8.19. The van der Waals surface area contributed by atoms with Crippen LogP contribution in [0.4, 0.5) is 11.4 Å². The maximum atomic E-state index is 13.8. The molecule has 9 nitrogen and oxygen atoms in total. The first-order valence-electron chi connectivity index (χ1n) is 11.2. The van der Waals surface area contributed by atoms with Gasteiger partial charge in [-0.3, -0.25) is 9.59 Å². The smallest absolute Gasteiger partial charge is 0.244 e. The summed E-state index contributed by atoms with van der Waals surface area (Å²) in [7, 11) is 0.346. The fourth-order valence-electron chi connectivity index (χ4n) is 4.22. The first-order valence-corrected chi connectivity index (χ1v) is 13.1. The summed E-state index contributed by atoms with van der Waals surface area (Å²) in [5, 5.41) is 1.88. The number of rotatable bonds is 7. The molecule has 1 unspecified atom stereocenters. The first kappa shape index (κ1) is 26.3. The predicted molar refractivity (Wildman–Crippen MR) is 140 cm³/mol. The Hall–Kier alpha value is -3.76. The first-order chi connectivity index (χ1) is 17.7. The summed E-state index contributed by atoms with van der Waals surface area (Å²) in [5.41, 5.74) is 0.825. The van der Waals surface area contributed by atoms with Gasteiger partial charge in [-0.1, -0.05) is 29.8 Å². The monoisotopic (exact) mass is 544 g/mol. The lowest BCUT2D eigenvalue weighted by Gasteiger charge is -2.22. The van der Waals surface area contributed by atoms with E-state index in [1.54, 1.807) is 42.5 Å². The third-order valence-electron chi connectivity index (χ3n) is 6.01. The lowest BCUT2D eigenvalue weighted by molar-refractivity contribution is -0.121. The highest BCUT2D eigenvalue weighted by Gasteiger charge is 2.40. The normalized spacial score (nSPS) is 16.4. The Bertz CT molecular complexity index is 1460. The Balaban J connectivity index is 1.71. The van der Waals surface area contributed by atoms with Gasteiger partial charge >= 0.3 is 0 Å². The average molecular weight is 545 g/mol. The summed E-state index contributed by atoms with van der Waals surface area (Å²) in [6.07, 6.45) is -0.375. The van der Waals surface area contributed by atoms with Crippen LogP contribution in [-0.4, -0.2) is 48.1 Å². The molecule has 0 saturated carbocycles. The number of fused-ring (bicyclic) bond motifs is 1. The number of benzene rings is 3. The third kappa shape index (κ3) is 5.21. The van der Waals surface area contributed by atoms with Crippen molar-refractivity contribution in [3.63, 3.8) is 0 Å². The molecule has 0 radical (unpaired) electrons. The standard InChI is InChI=1S/C26H25ClN2O7S/c1-34-20-11-9-17(27)13-18(20)28-25(30)15-29-19-6-4-5-7-23(19)37(32,33)24(14-26(29)31)16-8-10-21(35-2)22(12-16)36-3/h4-13,24H,14-15H2,1-3H3,(H,28,30). The molecule has 0 fully saturated rings. The molecule has 1 aliphatic rings. The lowest BCUT2D eigenvalue weighted by Crippen LogP contribution is -2.38. The van der Waals surface area contributed by atoms with Crippen LogP contribution < -0.4 is 24.4 Å². The van der Waals surface area contributed by atoms with Gasteiger partial charge in [0.15, 0.2) is 21.3 Å². The Morgan fingerprint density at radius 3 is 2.35 bits per heavy atom. The molecule has 194 valence electrons. The van der Waals surface area contributed by atoms with E-state index in [9.17, 15) is 18.0 Å². The van der Waals surface area contributed by atoms with E-state index in [0.717, 1.165) is 0 Å². The number of halogens is 1. The number of hydrogen-bond donors (Lipinski definition) is 1. The van der Waals surface area contributed by atoms with Crippen molar-refractivity contribution in [1.82, 2.24) is 0 Å². The molecule has 1 heterocycles. The molecule has 0 bridgehead atoms. The number of methoxy groups -OCH3 is 3. The number of sulfone groups is 1. The van der Waals surface area contributed by atoms with Crippen molar-refractivity contribution >= 4 is 44.6 Å². The number of nitrogens with zero attached hydrogens (tertiary/aromatic N) is 1. The molecule has 0 saturated heterocycles. The van der Waals surface area contributed by atoms with Crippen molar-refractivity contribution in [1.29, 1.82) is 0 Å². The molecule has 3 aromatic carbocycles. The minimum absolute atomic E-state index is 0.0474. The number of amides is 2. The predicted octanol–water partition coefficient (Wildman–Crippen LogP) is 4.26. The number of nitrogens with one attached hydrogen (secondary N) is 1. The van der Waals surface area contributed by atoms with Gasteiger partial charge in [0, 0.05) is 11.4 Å². The number of carbonyl (C=O) groups is 2. The molecule has 0 spiro atoms. The maximum absolute atomic E-state index is 13.8. The third-order valence-corrected chi connectivity index (χ3v) is 8.40. The fourth-order valence-corrected chi connectivity index (χ4v) is 6.31.